The number of carbonyl (C=O) groups is 4. The molecule has 1 heterocycles. The Morgan fingerprint density at radius 2 is 1.02 bits per heavy atom. The Hall–Kier alpha value is -3.82. The van der Waals surface area contributed by atoms with E-state index >= 15 is 0 Å². The number of esters is 4. The molecule has 0 aliphatic carbocycles. The van der Waals surface area contributed by atoms with E-state index in [0.29, 0.717) is 0 Å². The van der Waals surface area contributed by atoms with Gasteiger partial charge in [-0.15, -0.1) is 0 Å². The molecule has 0 aromatic heterocycles. The van der Waals surface area contributed by atoms with E-state index in [9.17, 15) is 71.9 Å². The molecule has 5 atom stereocenters. The third-order valence-electron chi connectivity index (χ3n) is 4.88. The van der Waals surface area contributed by atoms with Crippen LogP contribution in [-0.2, 0) is 54.2 Å². The monoisotopic (exact) mass is 654 g/mol. The number of carbonyl (C=O) groups excluding carboxylic acids is 4. The fraction of sp³-hybridized carbons (Fsp3) is 0.524. The second-order valence-corrected chi connectivity index (χ2v) is 8.04. The summed E-state index contributed by atoms with van der Waals surface area (Å²) in [5.74, 6) is -13.0. The molecule has 0 bridgehead atoms. The second kappa shape index (κ2) is 13.2. The quantitative estimate of drug-likeness (QED) is 0.234. The van der Waals surface area contributed by atoms with Crippen LogP contribution >= 0.6 is 0 Å². The SMILES string of the molecule is O=C(OC[C@H]1O[C@@H](OCc2ccccc2)[C@H](OC(=O)C(F)(F)F)[C@@H](OC(=O)C(F)(F)F)[C@@H]1OC(=O)C(F)(F)F)C(F)(F)F. The lowest BCUT2D eigenvalue weighted by atomic mass is 9.98. The van der Waals surface area contributed by atoms with Gasteiger partial charge in [0.2, 0.25) is 0 Å². The molecule has 2 rings (SSSR count). The predicted octanol–water partition coefficient (Wildman–Crippen LogP) is 3.46. The van der Waals surface area contributed by atoms with Gasteiger partial charge in [0, 0.05) is 0 Å². The highest BCUT2D eigenvalue weighted by atomic mass is 19.4. The van der Waals surface area contributed by atoms with Crippen molar-refractivity contribution in [1.29, 1.82) is 0 Å². The van der Waals surface area contributed by atoms with Gasteiger partial charge in [-0.3, -0.25) is 0 Å². The molecule has 43 heavy (non-hydrogen) atoms. The van der Waals surface area contributed by atoms with Crippen LogP contribution in [0.2, 0.25) is 0 Å². The van der Waals surface area contributed by atoms with E-state index in [1.54, 1.807) is 0 Å². The van der Waals surface area contributed by atoms with Crippen LogP contribution in [0.1, 0.15) is 5.56 Å². The van der Waals surface area contributed by atoms with Gasteiger partial charge in [-0.25, -0.2) is 19.2 Å². The van der Waals surface area contributed by atoms with Gasteiger partial charge in [-0.1, -0.05) is 30.3 Å². The van der Waals surface area contributed by atoms with Crippen molar-refractivity contribution < 1.29 is 100 Å². The summed E-state index contributed by atoms with van der Waals surface area (Å²) in [6, 6.07) is 6.73. The summed E-state index contributed by atoms with van der Waals surface area (Å²) < 4.78 is 180. The molecule has 1 aromatic carbocycles. The second-order valence-electron chi connectivity index (χ2n) is 8.04. The van der Waals surface area contributed by atoms with Gasteiger partial charge in [0.05, 0.1) is 6.61 Å². The molecule has 1 aliphatic heterocycles. The molecular weight excluding hydrogens is 640 g/mol. The number of alkyl halides is 12. The number of halogens is 12. The van der Waals surface area contributed by atoms with Gasteiger partial charge < -0.3 is 28.4 Å². The lowest BCUT2D eigenvalue weighted by Crippen LogP contribution is -2.64. The van der Waals surface area contributed by atoms with E-state index in [0.717, 1.165) is 0 Å². The molecule has 22 heteroatoms. The summed E-state index contributed by atoms with van der Waals surface area (Å²) in [6.07, 6.45) is -39.0. The maximum Gasteiger partial charge on any atom is 0.490 e. The van der Waals surface area contributed by atoms with Crippen molar-refractivity contribution >= 4 is 23.9 Å². The van der Waals surface area contributed by atoms with Gasteiger partial charge in [-0.2, -0.15) is 52.7 Å². The smallest absolute Gasteiger partial charge is 0.456 e. The number of benzene rings is 1. The van der Waals surface area contributed by atoms with E-state index in [-0.39, 0.29) is 5.56 Å². The molecule has 0 radical (unpaired) electrons. The molecule has 0 saturated carbocycles. The first-order valence-corrected chi connectivity index (χ1v) is 10.9. The van der Waals surface area contributed by atoms with Gasteiger partial charge >= 0.3 is 48.6 Å². The zero-order valence-corrected chi connectivity index (χ0v) is 20.3. The highest BCUT2D eigenvalue weighted by molar-refractivity contribution is 5.78. The fourth-order valence-electron chi connectivity index (χ4n) is 3.11. The standard InChI is InChI=1S/C21H14F12O10/c22-18(23,24)14(34)39-7-9-10(41-15(35)19(25,26)27)11(42-16(36)20(28,29)30)12(43-17(37)21(31,32)33)13(40-9)38-6-8-4-2-1-3-5-8/h1-5,9-13H,6-7H2/t9-,10-,11+,12-,13-/m1/s1. The zero-order chi connectivity index (χ0) is 33.0. The minimum Gasteiger partial charge on any atom is -0.456 e. The van der Waals surface area contributed by atoms with Crippen molar-refractivity contribution in [2.24, 2.45) is 0 Å². The first kappa shape index (κ1) is 35.4. The summed E-state index contributed by atoms with van der Waals surface area (Å²) in [6.45, 7) is -2.73. The molecule has 0 spiro atoms. The van der Waals surface area contributed by atoms with Crippen molar-refractivity contribution in [3.05, 3.63) is 35.9 Å². The Kier molecular flexibility index (Phi) is 10.9. The summed E-state index contributed by atoms with van der Waals surface area (Å²) in [4.78, 5) is 45.8. The number of rotatable bonds is 8. The molecule has 1 aromatic rings. The normalized spacial score (nSPS) is 23.2. The number of hydrogen-bond acceptors (Lipinski definition) is 10. The van der Waals surface area contributed by atoms with E-state index < -0.39 is 92.5 Å². The highest BCUT2D eigenvalue weighted by Crippen LogP contribution is 2.35. The van der Waals surface area contributed by atoms with E-state index in [1.807, 2.05) is 0 Å². The van der Waals surface area contributed by atoms with Crippen LogP contribution in [-0.4, -0.2) is 85.9 Å². The first-order chi connectivity index (χ1) is 19.5. The molecular formula is C21H14F12O10. The van der Waals surface area contributed by atoms with Gasteiger partial charge in [0.25, 0.3) is 0 Å². The molecule has 0 amide bonds. The van der Waals surface area contributed by atoms with E-state index in [1.165, 1.54) is 30.3 Å². The molecule has 10 nitrogen and oxygen atoms in total. The van der Waals surface area contributed by atoms with Crippen molar-refractivity contribution in [2.75, 3.05) is 6.61 Å². The van der Waals surface area contributed by atoms with Gasteiger partial charge in [0.15, 0.2) is 24.6 Å². The Labute approximate surface area is 229 Å². The molecule has 242 valence electrons. The van der Waals surface area contributed by atoms with Gasteiger partial charge in [-0.05, 0) is 5.56 Å². The summed E-state index contributed by atoms with van der Waals surface area (Å²) in [5, 5.41) is 0. The maximum atomic E-state index is 13.0. The minimum atomic E-state index is -6.05. The van der Waals surface area contributed by atoms with E-state index in [4.69, 9.17) is 9.47 Å². The van der Waals surface area contributed by atoms with Crippen LogP contribution in [0.25, 0.3) is 0 Å². The molecule has 1 fully saturated rings. The minimum absolute atomic E-state index is 0.113. The summed E-state index contributed by atoms with van der Waals surface area (Å²) in [5.41, 5.74) is 0.113. The Morgan fingerprint density at radius 3 is 1.47 bits per heavy atom. The Bertz CT molecular complexity index is 1150. The van der Waals surface area contributed by atoms with Crippen LogP contribution in [0.3, 0.4) is 0 Å². The molecule has 0 unspecified atom stereocenters. The average molecular weight is 654 g/mol. The third-order valence-corrected chi connectivity index (χ3v) is 4.88. The summed E-state index contributed by atoms with van der Waals surface area (Å²) >= 11 is 0. The highest BCUT2D eigenvalue weighted by Gasteiger charge is 2.59. The average Bonchev–Trinajstić information content (AvgIpc) is 2.86. The van der Waals surface area contributed by atoms with Crippen LogP contribution in [0, 0.1) is 0 Å². The molecule has 1 aliphatic rings. The maximum absolute atomic E-state index is 13.0. The largest absolute Gasteiger partial charge is 0.490 e. The van der Waals surface area contributed by atoms with Crippen molar-refractivity contribution in [3.8, 4) is 0 Å². The van der Waals surface area contributed by atoms with Crippen LogP contribution in [0.5, 0.6) is 0 Å². The van der Waals surface area contributed by atoms with E-state index in [2.05, 4.69) is 18.9 Å². The lowest BCUT2D eigenvalue weighted by molar-refractivity contribution is -0.324. The third kappa shape index (κ3) is 10.1. The van der Waals surface area contributed by atoms with Crippen LogP contribution in [0.4, 0.5) is 52.7 Å². The van der Waals surface area contributed by atoms with Crippen LogP contribution in [0.15, 0.2) is 30.3 Å². The van der Waals surface area contributed by atoms with Gasteiger partial charge in [0.1, 0.15) is 12.7 Å². The van der Waals surface area contributed by atoms with Crippen molar-refractivity contribution in [3.63, 3.8) is 0 Å². The van der Waals surface area contributed by atoms with Crippen molar-refractivity contribution in [1.82, 2.24) is 0 Å². The molecule has 0 N–H and O–H groups in total. The Morgan fingerprint density at radius 1 is 0.605 bits per heavy atom. The zero-order valence-electron chi connectivity index (χ0n) is 20.3. The Balaban J connectivity index is 2.64. The number of ether oxygens (including phenoxy) is 6. The predicted molar refractivity (Wildman–Crippen MR) is 105 cm³/mol. The fourth-order valence-corrected chi connectivity index (χ4v) is 3.11. The first-order valence-electron chi connectivity index (χ1n) is 10.9. The summed E-state index contributed by atoms with van der Waals surface area (Å²) in [7, 11) is 0. The van der Waals surface area contributed by atoms with Crippen molar-refractivity contribution in [2.45, 2.75) is 62.0 Å². The number of hydrogen-bond donors (Lipinski definition) is 0. The lowest BCUT2D eigenvalue weighted by Gasteiger charge is -2.44. The van der Waals surface area contributed by atoms with Crippen LogP contribution < -0.4 is 0 Å². The topological polar surface area (TPSA) is 124 Å². The molecule has 1 saturated heterocycles.